The summed E-state index contributed by atoms with van der Waals surface area (Å²) < 4.78 is 0. The second-order valence-electron chi connectivity index (χ2n) is 7.91. The number of aryl methyl sites for hydroxylation is 1. The van der Waals surface area contributed by atoms with E-state index in [1.165, 1.54) is 12.8 Å². The molecule has 0 spiro atoms. The van der Waals surface area contributed by atoms with Crippen molar-refractivity contribution >= 4 is 17.7 Å². The van der Waals surface area contributed by atoms with Crippen molar-refractivity contribution in [2.45, 2.75) is 45.6 Å². The first-order valence-corrected chi connectivity index (χ1v) is 10.7. The molecule has 1 atom stereocenters. The molecule has 0 aromatic carbocycles. The van der Waals surface area contributed by atoms with Gasteiger partial charge in [-0.2, -0.15) is 0 Å². The highest BCUT2D eigenvalue weighted by Gasteiger charge is 2.27. The van der Waals surface area contributed by atoms with Gasteiger partial charge in [-0.05, 0) is 50.8 Å². The molecule has 1 unspecified atom stereocenters. The minimum absolute atomic E-state index is 0.00230. The molecule has 4 heterocycles. The van der Waals surface area contributed by atoms with E-state index in [1.54, 1.807) is 0 Å². The fourth-order valence-corrected chi connectivity index (χ4v) is 4.32. The minimum Gasteiger partial charge on any atom is -0.353 e. The molecule has 0 aliphatic carbocycles. The van der Waals surface area contributed by atoms with Crippen LogP contribution in [-0.2, 0) is 0 Å². The number of carbonyl (C=O) groups is 1. The van der Waals surface area contributed by atoms with Gasteiger partial charge in [-0.3, -0.25) is 4.79 Å². The van der Waals surface area contributed by atoms with Gasteiger partial charge >= 0.3 is 0 Å². The largest absolute Gasteiger partial charge is 0.353 e. The number of rotatable bonds is 4. The maximum Gasteiger partial charge on any atom is 0.272 e. The Hall–Kier alpha value is -2.70. The van der Waals surface area contributed by atoms with Crippen LogP contribution in [0.3, 0.4) is 0 Å². The molecule has 2 aromatic heterocycles. The van der Waals surface area contributed by atoms with Gasteiger partial charge in [0, 0.05) is 50.7 Å². The van der Waals surface area contributed by atoms with Crippen LogP contribution in [0, 0.1) is 6.92 Å². The van der Waals surface area contributed by atoms with Crippen molar-refractivity contribution in [3.63, 3.8) is 0 Å². The number of hydrogen-bond donors (Lipinski definition) is 0. The summed E-state index contributed by atoms with van der Waals surface area (Å²) in [6.07, 6.45) is 6.48. The van der Waals surface area contributed by atoms with Crippen molar-refractivity contribution in [3.05, 3.63) is 41.9 Å². The second-order valence-corrected chi connectivity index (χ2v) is 7.91. The van der Waals surface area contributed by atoms with Crippen LogP contribution in [-0.4, -0.2) is 64.5 Å². The maximum atomic E-state index is 13.2. The fourth-order valence-electron chi connectivity index (χ4n) is 4.32. The third-order valence-corrected chi connectivity index (χ3v) is 5.96. The zero-order chi connectivity index (χ0) is 20.2. The fraction of sp³-hybridized carbons (Fsp3) is 0.545. The maximum absolute atomic E-state index is 13.2. The van der Waals surface area contributed by atoms with Crippen LogP contribution < -0.4 is 9.80 Å². The normalized spacial score (nSPS) is 20.1. The Balaban J connectivity index is 1.47. The molecule has 7 heteroatoms. The third kappa shape index (κ3) is 4.33. The quantitative estimate of drug-likeness (QED) is 0.794. The van der Waals surface area contributed by atoms with E-state index < -0.39 is 0 Å². The first-order valence-electron chi connectivity index (χ1n) is 10.7. The van der Waals surface area contributed by atoms with Gasteiger partial charge in [0.1, 0.15) is 11.5 Å². The third-order valence-electron chi connectivity index (χ3n) is 5.96. The van der Waals surface area contributed by atoms with Crippen molar-refractivity contribution in [2.24, 2.45) is 0 Å². The van der Waals surface area contributed by atoms with Gasteiger partial charge in [0.2, 0.25) is 5.95 Å². The molecule has 0 radical (unpaired) electrons. The molecule has 0 saturated carbocycles. The Morgan fingerprint density at radius 3 is 2.66 bits per heavy atom. The van der Waals surface area contributed by atoms with Gasteiger partial charge in [0.05, 0.1) is 0 Å². The van der Waals surface area contributed by atoms with Gasteiger partial charge in [0.25, 0.3) is 5.91 Å². The lowest BCUT2D eigenvalue weighted by Crippen LogP contribution is -2.49. The molecule has 7 nitrogen and oxygen atoms in total. The lowest BCUT2D eigenvalue weighted by molar-refractivity contribution is 0.0740. The number of piperazine rings is 1. The van der Waals surface area contributed by atoms with Gasteiger partial charge in [-0.15, -0.1) is 0 Å². The van der Waals surface area contributed by atoms with E-state index in [-0.39, 0.29) is 5.91 Å². The monoisotopic (exact) mass is 394 g/mol. The highest BCUT2D eigenvalue weighted by molar-refractivity contribution is 5.93. The Bertz CT molecular complexity index is 834. The van der Waals surface area contributed by atoms with Crippen molar-refractivity contribution in [1.29, 1.82) is 0 Å². The summed E-state index contributed by atoms with van der Waals surface area (Å²) in [5.41, 5.74) is 1.37. The van der Waals surface area contributed by atoms with E-state index in [0.29, 0.717) is 30.8 Å². The minimum atomic E-state index is 0.00230. The molecular formula is C22H30N6O. The van der Waals surface area contributed by atoms with E-state index >= 15 is 0 Å². The summed E-state index contributed by atoms with van der Waals surface area (Å²) in [6.45, 7) is 8.05. The van der Waals surface area contributed by atoms with Gasteiger partial charge in [-0.1, -0.05) is 13.0 Å². The lowest BCUT2D eigenvalue weighted by atomic mass is 10.0. The molecule has 0 N–H and O–H groups in total. The molecule has 2 fully saturated rings. The predicted octanol–water partition coefficient (Wildman–Crippen LogP) is 2.91. The van der Waals surface area contributed by atoms with Crippen molar-refractivity contribution in [3.8, 4) is 0 Å². The highest BCUT2D eigenvalue weighted by Crippen LogP contribution is 2.24. The van der Waals surface area contributed by atoms with Crippen LogP contribution in [0.4, 0.5) is 11.8 Å². The Morgan fingerprint density at radius 2 is 1.93 bits per heavy atom. The smallest absolute Gasteiger partial charge is 0.272 e. The Labute approximate surface area is 172 Å². The predicted molar refractivity (Wildman–Crippen MR) is 114 cm³/mol. The molecule has 0 bridgehead atoms. The number of piperidine rings is 1. The second kappa shape index (κ2) is 8.76. The zero-order valence-corrected chi connectivity index (χ0v) is 17.4. The van der Waals surface area contributed by atoms with Crippen LogP contribution in [0.25, 0.3) is 0 Å². The van der Waals surface area contributed by atoms with E-state index in [2.05, 4.69) is 26.7 Å². The lowest BCUT2D eigenvalue weighted by Gasteiger charge is -2.36. The van der Waals surface area contributed by atoms with E-state index in [1.807, 2.05) is 42.3 Å². The van der Waals surface area contributed by atoms with Crippen molar-refractivity contribution < 1.29 is 4.79 Å². The van der Waals surface area contributed by atoms with Crippen molar-refractivity contribution in [2.75, 3.05) is 42.5 Å². The number of amides is 1. The van der Waals surface area contributed by atoms with Gasteiger partial charge in [-0.25, -0.2) is 15.0 Å². The van der Waals surface area contributed by atoms with Crippen LogP contribution in [0.1, 0.15) is 48.8 Å². The van der Waals surface area contributed by atoms with Crippen LogP contribution in [0.15, 0.2) is 30.5 Å². The number of pyridine rings is 1. The standard InChI is InChI=1S/C22H30N6O/c1-3-18-8-5-7-11-28(18)22-24-17(2)16-19(25-22)21(29)27-14-12-26(13-15-27)20-9-4-6-10-23-20/h4,6,9-10,16,18H,3,5,7-8,11-15H2,1-2H3. The molecular weight excluding hydrogens is 364 g/mol. The topological polar surface area (TPSA) is 65.5 Å². The van der Waals surface area contributed by atoms with E-state index in [4.69, 9.17) is 4.98 Å². The van der Waals surface area contributed by atoms with Crippen LogP contribution in [0.5, 0.6) is 0 Å². The van der Waals surface area contributed by atoms with E-state index in [9.17, 15) is 4.79 Å². The average molecular weight is 395 g/mol. The summed E-state index contributed by atoms with van der Waals surface area (Å²) in [5.74, 6) is 1.69. The first-order chi connectivity index (χ1) is 14.2. The number of nitrogens with zero attached hydrogens (tertiary/aromatic N) is 6. The molecule has 2 aliphatic heterocycles. The molecule has 2 aromatic rings. The summed E-state index contributed by atoms with van der Waals surface area (Å²) in [4.78, 5) is 33.4. The number of hydrogen-bond acceptors (Lipinski definition) is 6. The Morgan fingerprint density at radius 1 is 1.10 bits per heavy atom. The molecule has 154 valence electrons. The van der Waals surface area contributed by atoms with Gasteiger partial charge in [0.15, 0.2) is 0 Å². The van der Waals surface area contributed by atoms with Crippen LogP contribution >= 0.6 is 0 Å². The molecule has 4 rings (SSSR count). The number of carbonyl (C=O) groups excluding carboxylic acids is 1. The van der Waals surface area contributed by atoms with Crippen molar-refractivity contribution in [1.82, 2.24) is 19.9 Å². The first kappa shape index (κ1) is 19.6. The SMILES string of the molecule is CCC1CCCCN1c1nc(C)cc(C(=O)N2CCN(c3ccccn3)CC2)n1. The summed E-state index contributed by atoms with van der Waals surface area (Å²) in [5, 5.41) is 0. The summed E-state index contributed by atoms with van der Waals surface area (Å²) in [7, 11) is 0. The summed E-state index contributed by atoms with van der Waals surface area (Å²) >= 11 is 0. The molecule has 2 saturated heterocycles. The van der Waals surface area contributed by atoms with Gasteiger partial charge < -0.3 is 14.7 Å². The average Bonchev–Trinajstić information content (AvgIpc) is 2.79. The van der Waals surface area contributed by atoms with Crippen LogP contribution in [0.2, 0.25) is 0 Å². The molecule has 1 amide bonds. The summed E-state index contributed by atoms with van der Waals surface area (Å²) in [6, 6.07) is 8.22. The highest BCUT2D eigenvalue weighted by atomic mass is 16.2. The number of anilines is 2. The molecule has 2 aliphatic rings. The zero-order valence-electron chi connectivity index (χ0n) is 17.4. The van der Waals surface area contributed by atoms with E-state index in [0.717, 1.165) is 44.0 Å². The Kier molecular flexibility index (Phi) is 5.92. The molecule has 29 heavy (non-hydrogen) atoms. The number of aromatic nitrogens is 3.